The molecule has 0 atom stereocenters. The summed E-state index contributed by atoms with van der Waals surface area (Å²) in [6, 6.07) is 3.00. The molecule has 1 aromatic carbocycles. The fraction of sp³-hybridized carbons (Fsp3) is 0. The van der Waals surface area contributed by atoms with Crippen molar-refractivity contribution in [2.45, 2.75) is 0 Å². The number of thiophene rings is 1. The second-order valence-electron chi connectivity index (χ2n) is 2.72. The first kappa shape index (κ1) is 8.07. The van der Waals surface area contributed by atoms with Crippen molar-refractivity contribution >= 4 is 33.4 Å². The Morgan fingerprint density at radius 1 is 1.46 bits per heavy atom. The molecule has 0 fully saturated rings. The number of phenols is 1. The van der Waals surface area contributed by atoms with Gasteiger partial charge in [-0.1, -0.05) is 0 Å². The van der Waals surface area contributed by atoms with Crippen LogP contribution in [0.2, 0.25) is 0 Å². The van der Waals surface area contributed by atoms with E-state index in [0.29, 0.717) is 11.3 Å². The highest BCUT2D eigenvalue weighted by Gasteiger charge is 2.07. The summed E-state index contributed by atoms with van der Waals surface area (Å²) >= 11 is 1.41. The van der Waals surface area contributed by atoms with Crippen molar-refractivity contribution in [2.75, 3.05) is 5.73 Å². The van der Waals surface area contributed by atoms with Gasteiger partial charge in [-0.05, 0) is 12.1 Å². The molecule has 0 aliphatic carbocycles. The molecule has 0 bridgehead atoms. The van der Waals surface area contributed by atoms with Gasteiger partial charge in [-0.15, -0.1) is 11.3 Å². The largest absolute Gasteiger partial charge is 0.508 e. The summed E-state index contributed by atoms with van der Waals surface area (Å²) in [6.45, 7) is 0. The Morgan fingerprint density at radius 2 is 2.23 bits per heavy atom. The van der Waals surface area contributed by atoms with Crippen molar-refractivity contribution in [2.24, 2.45) is 0 Å². The maximum atomic E-state index is 10.6. The Balaban J connectivity index is 2.91. The van der Waals surface area contributed by atoms with Crippen molar-refractivity contribution in [3.8, 4) is 5.75 Å². The number of hydrogen-bond acceptors (Lipinski definition) is 4. The molecule has 0 saturated heterocycles. The van der Waals surface area contributed by atoms with Crippen molar-refractivity contribution in [1.29, 1.82) is 0 Å². The number of carbonyl (C=O) groups excluding carboxylic acids is 1. The van der Waals surface area contributed by atoms with Crippen molar-refractivity contribution in [3.05, 3.63) is 23.1 Å². The lowest BCUT2D eigenvalue weighted by Gasteiger charge is -1.97. The third-order valence-corrected chi connectivity index (χ3v) is 2.91. The third kappa shape index (κ3) is 1.15. The molecule has 0 spiro atoms. The van der Waals surface area contributed by atoms with E-state index in [1.807, 2.05) is 0 Å². The van der Waals surface area contributed by atoms with Crippen LogP contribution in [0.4, 0.5) is 5.69 Å². The summed E-state index contributed by atoms with van der Waals surface area (Å²) < 4.78 is 0.824. The number of anilines is 1. The molecule has 0 saturated carbocycles. The Hall–Kier alpha value is -1.55. The first-order valence-electron chi connectivity index (χ1n) is 3.67. The van der Waals surface area contributed by atoms with Crippen LogP contribution in [0.15, 0.2) is 17.5 Å². The summed E-state index contributed by atoms with van der Waals surface area (Å²) in [6.07, 6.45) is 0.720. The molecule has 13 heavy (non-hydrogen) atoms. The monoisotopic (exact) mass is 193 g/mol. The molecule has 66 valence electrons. The molecule has 1 aromatic heterocycles. The number of aromatic hydroxyl groups is 1. The highest BCUT2D eigenvalue weighted by Crippen LogP contribution is 2.33. The number of nitrogens with two attached hydrogens (primary N) is 1. The Kier molecular flexibility index (Phi) is 1.70. The first-order valence-corrected chi connectivity index (χ1v) is 4.55. The molecular weight excluding hydrogens is 186 g/mol. The Labute approximate surface area is 78.4 Å². The van der Waals surface area contributed by atoms with Gasteiger partial charge in [0.1, 0.15) is 5.75 Å². The number of benzene rings is 1. The average Bonchev–Trinajstić information content (AvgIpc) is 2.47. The van der Waals surface area contributed by atoms with E-state index in [1.54, 1.807) is 11.4 Å². The van der Waals surface area contributed by atoms with E-state index < -0.39 is 0 Å². The van der Waals surface area contributed by atoms with E-state index >= 15 is 0 Å². The summed E-state index contributed by atoms with van der Waals surface area (Å²) in [7, 11) is 0. The van der Waals surface area contributed by atoms with Crippen LogP contribution in [0.3, 0.4) is 0 Å². The predicted octanol–water partition coefficient (Wildman–Crippen LogP) is 2.00. The highest BCUT2D eigenvalue weighted by molar-refractivity contribution is 7.18. The number of aldehydes is 1. The van der Waals surface area contributed by atoms with Crippen LogP contribution in [-0.2, 0) is 0 Å². The topological polar surface area (TPSA) is 63.3 Å². The van der Waals surface area contributed by atoms with Gasteiger partial charge >= 0.3 is 0 Å². The second kappa shape index (κ2) is 2.74. The number of nitrogen functional groups attached to an aromatic ring is 1. The van der Waals surface area contributed by atoms with Crippen LogP contribution in [0, 0.1) is 0 Å². The van der Waals surface area contributed by atoms with E-state index in [2.05, 4.69) is 0 Å². The highest BCUT2D eigenvalue weighted by atomic mass is 32.1. The minimum Gasteiger partial charge on any atom is -0.508 e. The predicted molar refractivity (Wildman–Crippen MR) is 53.3 cm³/mol. The maximum absolute atomic E-state index is 10.6. The van der Waals surface area contributed by atoms with E-state index in [4.69, 9.17) is 5.73 Å². The van der Waals surface area contributed by atoms with Crippen LogP contribution >= 0.6 is 11.3 Å². The lowest BCUT2D eigenvalue weighted by molar-refractivity contribution is 0.112. The van der Waals surface area contributed by atoms with Crippen LogP contribution in [-0.4, -0.2) is 11.4 Å². The minimum absolute atomic E-state index is 0.0692. The molecule has 0 radical (unpaired) electrons. The minimum atomic E-state index is 0.0692. The molecule has 2 aromatic rings. The van der Waals surface area contributed by atoms with E-state index in [1.165, 1.54) is 17.4 Å². The summed E-state index contributed by atoms with van der Waals surface area (Å²) in [4.78, 5) is 10.6. The van der Waals surface area contributed by atoms with Crippen LogP contribution in [0.25, 0.3) is 10.1 Å². The SMILES string of the molecule is Nc1csc2c(C=O)cc(O)cc12. The Bertz CT molecular complexity index is 476. The fourth-order valence-electron chi connectivity index (χ4n) is 1.25. The van der Waals surface area contributed by atoms with Crippen LogP contribution < -0.4 is 5.73 Å². The van der Waals surface area contributed by atoms with Crippen molar-refractivity contribution in [3.63, 3.8) is 0 Å². The molecule has 3 N–H and O–H groups in total. The number of phenolic OH excluding ortho intramolecular Hbond substituents is 1. The molecule has 4 heteroatoms. The first-order chi connectivity index (χ1) is 6.22. The standard InChI is InChI=1S/C9H7NO2S/c10-8-4-13-9-5(3-11)1-6(12)2-7(8)9/h1-4,12H,10H2. The van der Waals surface area contributed by atoms with Gasteiger partial charge in [0, 0.05) is 21.0 Å². The van der Waals surface area contributed by atoms with Crippen molar-refractivity contribution < 1.29 is 9.90 Å². The normalized spacial score (nSPS) is 10.5. The zero-order valence-electron chi connectivity index (χ0n) is 6.65. The van der Waals surface area contributed by atoms with E-state index in [-0.39, 0.29) is 5.75 Å². The number of carbonyl (C=O) groups is 1. The van der Waals surface area contributed by atoms with Crippen molar-refractivity contribution in [1.82, 2.24) is 0 Å². The second-order valence-corrected chi connectivity index (χ2v) is 3.60. The lowest BCUT2D eigenvalue weighted by atomic mass is 10.1. The third-order valence-electron chi connectivity index (χ3n) is 1.84. The van der Waals surface area contributed by atoms with Gasteiger partial charge < -0.3 is 10.8 Å². The molecule has 0 aliphatic rings. The molecule has 2 rings (SSSR count). The molecule has 0 aliphatic heterocycles. The molecule has 0 amide bonds. The smallest absolute Gasteiger partial charge is 0.151 e. The van der Waals surface area contributed by atoms with Gasteiger partial charge in [0.05, 0.1) is 5.69 Å². The Morgan fingerprint density at radius 3 is 2.92 bits per heavy atom. The van der Waals surface area contributed by atoms with Gasteiger partial charge in [0.15, 0.2) is 6.29 Å². The van der Waals surface area contributed by atoms with Gasteiger partial charge in [0.25, 0.3) is 0 Å². The van der Waals surface area contributed by atoms with Crippen LogP contribution in [0.5, 0.6) is 5.75 Å². The zero-order valence-corrected chi connectivity index (χ0v) is 7.47. The molecule has 3 nitrogen and oxygen atoms in total. The number of rotatable bonds is 1. The quantitative estimate of drug-likeness (QED) is 0.681. The maximum Gasteiger partial charge on any atom is 0.151 e. The molecule has 1 heterocycles. The summed E-state index contributed by atoms with van der Waals surface area (Å²) in [5.41, 5.74) is 6.73. The molecule has 0 unspecified atom stereocenters. The van der Waals surface area contributed by atoms with Gasteiger partial charge in [0.2, 0.25) is 0 Å². The van der Waals surface area contributed by atoms with Gasteiger partial charge in [-0.2, -0.15) is 0 Å². The zero-order chi connectivity index (χ0) is 9.42. The molecular formula is C9H7NO2S. The summed E-state index contributed by atoms with van der Waals surface area (Å²) in [5, 5.41) is 11.8. The van der Waals surface area contributed by atoms with E-state index in [0.717, 1.165) is 16.4 Å². The van der Waals surface area contributed by atoms with Crippen LogP contribution in [0.1, 0.15) is 10.4 Å². The summed E-state index contributed by atoms with van der Waals surface area (Å²) in [5.74, 6) is 0.0692. The van der Waals surface area contributed by atoms with E-state index in [9.17, 15) is 9.90 Å². The fourth-order valence-corrected chi connectivity index (χ4v) is 2.17. The number of hydrogen-bond donors (Lipinski definition) is 2. The van der Waals surface area contributed by atoms with Gasteiger partial charge in [-0.25, -0.2) is 0 Å². The number of fused-ring (bicyclic) bond motifs is 1. The average molecular weight is 193 g/mol. The van der Waals surface area contributed by atoms with Gasteiger partial charge in [-0.3, -0.25) is 4.79 Å². The lowest BCUT2D eigenvalue weighted by Crippen LogP contribution is -1.83.